The maximum atomic E-state index is 13.0. The summed E-state index contributed by atoms with van der Waals surface area (Å²) in [7, 11) is -4.86. The number of fused-ring (bicyclic) bond motifs is 1. The van der Waals surface area contributed by atoms with Crippen LogP contribution < -0.4 is 5.32 Å². The summed E-state index contributed by atoms with van der Waals surface area (Å²) in [5.74, 6) is 0. The third-order valence-electron chi connectivity index (χ3n) is 4.97. The molecule has 31 heavy (non-hydrogen) atoms. The second kappa shape index (κ2) is 9.35. The molecule has 2 unspecified atom stereocenters. The molecule has 2 N–H and O–H groups in total. The van der Waals surface area contributed by atoms with Gasteiger partial charge in [-0.3, -0.25) is 4.55 Å². The SMILES string of the molecule is CC(NCCC(OS(=O)(=O)O)c1cccc(C(F)(F)F)c1)c1cccc2ccccc12. The molecule has 0 aliphatic heterocycles. The van der Waals surface area contributed by atoms with Crippen molar-refractivity contribution in [2.75, 3.05) is 6.54 Å². The Hall–Kier alpha value is -2.46. The summed E-state index contributed by atoms with van der Waals surface area (Å²) in [6.45, 7) is 2.17. The van der Waals surface area contributed by atoms with Crippen LogP contribution in [0.1, 0.15) is 42.2 Å². The van der Waals surface area contributed by atoms with E-state index < -0.39 is 28.2 Å². The second-order valence-corrected chi connectivity index (χ2v) is 8.22. The fraction of sp³-hybridized carbons (Fsp3) is 0.273. The van der Waals surface area contributed by atoms with Crippen LogP contribution in [0.4, 0.5) is 13.2 Å². The van der Waals surface area contributed by atoms with E-state index in [0.717, 1.165) is 28.5 Å². The summed E-state index contributed by atoms with van der Waals surface area (Å²) in [5.41, 5.74) is 0.113. The zero-order chi connectivity index (χ0) is 22.6. The van der Waals surface area contributed by atoms with E-state index in [-0.39, 0.29) is 24.6 Å². The van der Waals surface area contributed by atoms with Crippen LogP contribution in [0.25, 0.3) is 10.8 Å². The van der Waals surface area contributed by atoms with Gasteiger partial charge in [0.05, 0.1) is 5.56 Å². The van der Waals surface area contributed by atoms with Crippen molar-refractivity contribution in [3.05, 3.63) is 83.4 Å². The van der Waals surface area contributed by atoms with E-state index in [1.54, 1.807) is 0 Å². The standard InChI is InChI=1S/C22H22F3NO4S/c1-15(19-11-5-7-16-6-2-3-10-20(16)19)26-13-12-21(30-31(27,28)29)17-8-4-9-18(14-17)22(23,24)25/h2-11,14-15,21,26H,12-13H2,1H3,(H,27,28,29). The zero-order valence-electron chi connectivity index (χ0n) is 16.6. The van der Waals surface area contributed by atoms with Crippen LogP contribution in [0.15, 0.2) is 66.7 Å². The van der Waals surface area contributed by atoms with Crippen LogP contribution in [-0.2, 0) is 20.8 Å². The van der Waals surface area contributed by atoms with Crippen LogP contribution in [0.5, 0.6) is 0 Å². The number of benzene rings is 3. The van der Waals surface area contributed by atoms with Crippen LogP contribution in [0.2, 0.25) is 0 Å². The smallest absolute Gasteiger partial charge is 0.310 e. The Morgan fingerprint density at radius 3 is 2.42 bits per heavy atom. The first-order chi connectivity index (χ1) is 14.5. The first-order valence-electron chi connectivity index (χ1n) is 9.58. The number of rotatable bonds is 8. The lowest BCUT2D eigenvalue weighted by atomic mass is 9.99. The predicted molar refractivity (Wildman–Crippen MR) is 112 cm³/mol. The average molecular weight is 453 g/mol. The molecule has 0 aliphatic carbocycles. The van der Waals surface area contributed by atoms with Crippen molar-refractivity contribution in [3.63, 3.8) is 0 Å². The van der Waals surface area contributed by atoms with Crippen LogP contribution in [0.3, 0.4) is 0 Å². The summed E-state index contributed by atoms with van der Waals surface area (Å²) in [4.78, 5) is 0. The molecule has 9 heteroatoms. The zero-order valence-corrected chi connectivity index (χ0v) is 17.5. The minimum Gasteiger partial charge on any atom is -0.310 e. The van der Waals surface area contributed by atoms with Crippen molar-refractivity contribution in [1.82, 2.24) is 5.32 Å². The Morgan fingerprint density at radius 1 is 1.03 bits per heavy atom. The molecule has 2 atom stereocenters. The number of hydrogen-bond donors (Lipinski definition) is 2. The summed E-state index contributed by atoms with van der Waals surface area (Å²) in [6, 6.07) is 17.9. The van der Waals surface area contributed by atoms with Gasteiger partial charge in [-0.25, -0.2) is 4.18 Å². The highest BCUT2D eigenvalue weighted by molar-refractivity contribution is 7.80. The second-order valence-electron chi connectivity index (χ2n) is 7.17. The molecule has 5 nitrogen and oxygen atoms in total. The highest BCUT2D eigenvalue weighted by Gasteiger charge is 2.31. The number of alkyl halides is 3. The van der Waals surface area contributed by atoms with E-state index in [2.05, 4.69) is 9.50 Å². The molecule has 3 aromatic rings. The molecule has 0 spiro atoms. The Morgan fingerprint density at radius 2 is 1.71 bits per heavy atom. The molecular weight excluding hydrogens is 431 g/mol. The highest BCUT2D eigenvalue weighted by Crippen LogP contribution is 2.33. The van der Waals surface area contributed by atoms with E-state index in [1.807, 2.05) is 49.4 Å². The van der Waals surface area contributed by atoms with E-state index in [1.165, 1.54) is 12.1 Å². The van der Waals surface area contributed by atoms with Crippen LogP contribution >= 0.6 is 0 Å². The Bertz CT molecular complexity index is 1140. The minimum atomic E-state index is -4.86. The van der Waals surface area contributed by atoms with Gasteiger partial charge in [-0.05, 0) is 53.9 Å². The first kappa shape index (κ1) is 23.2. The van der Waals surface area contributed by atoms with Gasteiger partial charge in [0.25, 0.3) is 0 Å². The molecular formula is C22H22F3NO4S. The van der Waals surface area contributed by atoms with E-state index in [9.17, 15) is 21.6 Å². The molecule has 0 amide bonds. The molecule has 0 aliphatic rings. The first-order valence-corrected chi connectivity index (χ1v) is 10.9. The molecule has 0 heterocycles. The lowest BCUT2D eigenvalue weighted by molar-refractivity contribution is -0.137. The average Bonchev–Trinajstić information content (AvgIpc) is 2.71. The third kappa shape index (κ3) is 6.27. The monoisotopic (exact) mass is 453 g/mol. The van der Waals surface area contributed by atoms with Crippen molar-refractivity contribution < 1.29 is 30.3 Å². The highest BCUT2D eigenvalue weighted by atomic mass is 32.3. The lowest BCUT2D eigenvalue weighted by Crippen LogP contribution is -2.23. The van der Waals surface area contributed by atoms with Gasteiger partial charge in [-0.1, -0.05) is 54.6 Å². The predicted octanol–water partition coefficient (Wildman–Crippen LogP) is 5.46. The quantitative estimate of drug-likeness (QED) is 0.443. The van der Waals surface area contributed by atoms with Gasteiger partial charge in [0, 0.05) is 6.04 Å². The molecule has 0 bridgehead atoms. The number of hydrogen-bond acceptors (Lipinski definition) is 4. The maximum absolute atomic E-state index is 13.0. The molecule has 3 aromatic carbocycles. The molecule has 166 valence electrons. The molecule has 0 aromatic heterocycles. The van der Waals surface area contributed by atoms with E-state index in [4.69, 9.17) is 4.55 Å². The van der Waals surface area contributed by atoms with E-state index in [0.29, 0.717) is 0 Å². The van der Waals surface area contributed by atoms with Crippen LogP contribution in [0, 0.1) is 0 Å². The number of halogens is 3. The lowest BCUT2D eigenvalue weighted by Gasteiger charge is -2.20. The van der Waals surface area contributed by atoms with Gasteiger partial charge >= 0.3 is 16.6 Å². The van der Waals surface area contributed by atoms with Crippen molar-refractivity contribution in [2.24, 2.45) is 0 Å². The normalized spacial score (nSPS) is 14.5. The summed E-state index contributed by atoms with van der Waals surface area (Å²) in [5, 5.41) is 5.38. The summed E-state index contributed by atoms with van der Waals surface area (Å²) >= 11 is 0. The minimum absolute atomic E-state index is 0.00654. The molecule has 0 fully saturated rings. The van der Waals surface area contributed by atoms with Crippen molar-refractivity contribution in [1.29, 1.82) is 0 Å². The number of nitrogens with one attached hydrogen (secondary N) is 1. The third-order valence-corrected chi connectivity index (χ3v) is 5.45. The summed E-state index contributed by atoms with van der Waals surface area (Å²) in [6.07, 6.45) is -5.83. The van der Waals surface area contributed by atoms with Gasteiger partial charge in [0.15, 0.2) is 0 Å². The van der Waals surface area contributed by atoms with Gasteiger partial charge in [-0.15, -0.1) is 0 Å². The summed E-state index contributed by atoms with van der Waals surface area (Å²) < 4.78 is 75.3. The van der Waals surface area contributed by atoms with Gasteiger partial charge < -0.3 is 5.32 Å². The topological polar surface area (TPSA) is 75.6 Å². The van der Waals surface area contributed by atoms with Crippen LogP contribution in [-0.4, -0.2) is 19.5 Å². The van der Waals surface area contributed by atoms with Gasteiger partial charge in [0.2, 0.25) is 0 Å². The molecule has 0 radical (unpaired) electrons. The maximum Gasteiger partial charge on any atom is 0.416 e. The van der Waals surface area contributed by atoms with Gasteiger partial charge in [-0.2, -0.15) is 21.6 Å². The van der Waals surface area contributed by atoms with Crippen molar-refractivity contribution >= 4 is 21.2 Å². The Labute approximate surface area is 178 Å². The van der Waals surface area contributed by atoms with Crippen molar-refractivity contribution in [2.45, 2.75) is 31.7 Å². The Kier molecular flexibility index (Phi) is 7.00. The van der Waals surface area contributed by atoms with Gasteiger partial charge in [0.1, 0.15) is 6.10 Å². The molecule has 3 rings (SSSR count). The fourth-order valence-electron chi connectivity index (χ4n) is 3.50. The van der Waals surface area contributed by atoms with E-state index >= 15 is 0 Å². The Balaban J connectivity index is 1.75. The molecule has 0 saturated heterocycles. The fourth-order valence-corrected chi connectivity index (χ4v) is 4.00. The largest absolute Gasteiger partial charge is 0.416 e. The van der Waals surface area contributed by atoms with Crippen molar-refractivity contribution in [3.8, 4) is 0 Å². The molecule has 0 saturated carbocycles.